The molecule has 21 heavy (non-hydrogen) atoms. The molecule has 2 N–H and O–H groups in total. The maximum atomic E-state index is 6.15. The van der Waals surface area contributed by atoms with Gasteiger partial charge in [-0.3, -0.25) is 4.90 Å². The average molecular weight is 285 g/mol. The predicted molar refractivity (Wildman–Crippen MR) is 86.4 cm³/mol. The van der Waals surface area contributed by atoms with E-state index >= 15 is 0 Å². The van der Waals surface area contributed by atoms with Gasteiger partial charge in [0, 0.05) is 29.6 Å². The van der Waals surface area contributed by atoms with Gasteiger partial charge in [-0.05, 0) is 38.1 Å². The Labute approximate surface area is 125 Å². The number of fused-ring (bicyclic) bond motifs is 1. The third-order valence-corrected chi connectivity index (χ3v) is 4.51. The Morgan fingerprint density at radius 1 is 1.29 bits per heavy atom. The van der Waals surface area contributed by atoms with Crippen LogP contribution in [0, 0.1) is 0 Å². The number of nitrogens with two attached hydrogens (primary N) is 1. The zero-order chi connectivity index (χ0) is 14.8. The molecule has 0 radical (unpaired) electrons. The van der Waals surface area contributed by atoms with Crippen LogP contribution in [0.2, 0.25) is 0 Å². The lowest BCUT2D eigenvalue weighted by Crippen LogP contribution is -2.29. The van der Waals surface area contributed by atoms with Gasteiger partial charge in [-0.1, -0.05) is 12.8 Å². The van der Waals surface area contributed by atoms with E-state index in [1.165, 1.54) is 25.7 Å². The molecule has 1 fully saturated rings. The number of methoxy groups -OCH3 is 1. The largest absolute Gasteiger partial charge is 0.497 e. The standard InChI is InChI=1S/C17H23N3O/c1-20(14-5-3-4-6-14)11-13-9-12-7-8-15(21-2)10-16(12)19-17(13)18/h7-10,14H,3-6,11H2,1-2H3,(H2,18,19). The van der Waals surface area contributed by atoms with Crippen LogP contribution in [0.1, 0.15) is 31.2 Å². The molecule has 3 rings (SSSR count). The number of anilines is 1. The first-order valence-corrected chi connectivity index (χ1v) is 7.61. The minimum atomic E-state index is 0.626. The van der Waals surface area contributed by atoms with Gasteiger partial charge in [0.1, 0.15) is 11.6 Å². The second kappa shape index (κ2) is 5.90. The second-order valence-corrected chi connectivity index (χ2v) is 5.94. The Balaban J connectivity index is 1.86. The van der Waals surface area contributed by atoms with Crippen molar-refractivity contribution >= 4 is 16.7 Å². The molecule has 1 saturated carbocycles. The van der Waals surface area contributed by atoms with Crippen LogP contribution in [0.25, 0.3) is 10.9 Å². The maximum absolute atomic E-state index is 6.15. The molecule has 0 bridgehead atoms. The first-order chi connectivity index (χ1) is 10.2. The summed E-state index contributed by atoms with van der Waals surface area (Å²) in [6.45, 7) is 0.867. The summed E-state index contributed by atoms with van der Waals surface area (Å²) in [5, 5.41) is 1.11. The van der Waals surface area contributed by atoms with E-state index in [1.54, 1.807) is 7.11 Å². The fraction of sp³-hybridized carbons (Fsp3) is 0.471. The SMILES string of the molecule is COc1ccc2cc(CN(C)C3CCCC3)c(N)nc2c1. The number of pyridine rings is 1. The fourth-order valence-corrected chi connectivity index (χ4v) is 3.20. The quantitative estimate of drug-likeness (QED) is 0.937. The molecule has 4 nitrogen and oxygen atoms in total. The lowest BCUT2D eigenvalue weighted by molar-refractivity contribution is 0.237. The zero-order valence-corrected chi connectivity index (χ0v) is 12.8. The molecule has 112 valence electrons. The van der Waals surface area contributed by atoms with Gasteiger partial charge >= 0.3 is 0 Å². The number of rotatable bonds is 4. The highest BCUT2D eigenvalue weighted by Crippen LogP contribution is 2.27. The molecule has 0 saturated heterocycles. The van der Waals surface area contributed by atoms with Gasteiger partial charge in [0.05, 0.1) is 12.6 Å². The third kappa shape index (κ3) is 2.95. The van der Waals surface area contributed by atoms with Crippen molar-refractivity contribution in [2.75, 3.05) is 19.9 Å². The number of nitrogens with zero attached hydrogens (tertiary/aromatic N) is 2. The normalized spacial score (nSPS) is 16.0. The van der Waals surface area contributed by atoms with E-state index in [4.69, 9.17) is 10.5 Å². The Morgan fingerprint density at radius 3 is 2.76 bits per heavy atom. The highest BCUT2D eigenvalue weighted by Gasteiger charge is 2.20. The zero-order valence-electron chi connectivity index (χ0n) is 12.8. The van der Waals surface area contributed by atoms with Crippen molar-refractivity contribution in [1.82, 2.24) is 9.88 Å². The topological polar surface area (TPSA) is 51.4 Å². The molecule has 0 aliphatic heterocycles. The number of nitrogen functional groups attached to an aromatic ring is 1. The van der Waals surface area contributed by atoms with Crippen LogP contribution in [0.4, 0.5) is 5.82 Å². The first kappa shape index (κ1) is 14.1. The molecular formula is C17H23N3O. The van der Waals surface area contributed by atoms with Gasteiger partial charge in [-0.15, -0.1) is 0 Å². The van der Waals surface area contributed by atoms with Crippen molar-refractivity contribution < 1.29 is 4.74 Å². The monoisotopic (exact) mass is 285 g/mol. The fourth-order valence-electron chi connectivity index (χ4n) is 3.20. The summed E-state index contributed by atoms with van der Waals surface area (Å²) in [6, 6.07) is 8.78. The molecule has 0 amide bonds. The second-order valence-electron chi connectivity index (χ2n) is 5.94. The summed E-state index contributed by atoms with van der Waals surface area (Å²) in [6.07, 6.45) is 5.30. The lowest BCUT2D eigenvalue weighted by Gasteiger charge is -2.24. The molecule has 1 heterocycles. The number of benzene rings is 1. The van der Waals surface area contributed by atoms with Gasteiger partial charge in [0.25, 0.3) is 0 Å². The van der Waals surface area contributed by atoms with E-state index in [2.05, 4.69) is 23.0 Å². The third-order valence-electron chi connectivity index (χ3n) is 4.51. The molecule has 0 atom stereocenters. The van der Waals surface area contributed by atoms with Crippen LogP contribution in [-0.2, 0) is 6.54 Å². The van der Waals surface area contributed by atoms with Gasteiger partial charge < -0.3 is 10.5 Å². The van der Waals surface area contributed by atoms with Crippen LogP contribution < -0.4 is 10.5 Å². The molecular weight excluding hydrogens is 262 g/mol. The summed E-state index contributed by atoms with van der Waals surface area (Å²) in [5.74, 6) is 1.44. The van der Waals surface area contributed by atoms with Crippen LogP contribution in [-0.4, -0.2) is 30.1 Å². The molecule has 2 aromatic rings. The predicted octanol–water partition coefficient (Wildman–Crippen LogP) is 3.20. The smallest absolute Gasteiger partial charge is 0.128 e. The molecule has 1 aliphatic carbocycles. The summed E-state index contributed by atoms with van der Waals surface area (Å²) >= 11 is 0. The van der Waals surface area contributed by atoms with Gasteiger partial charge in [0.2, 0.25) is 0 Å². The number of hydrogen-bond donors (Lipinski definition) is 1. The highest BCUT2D eigenvalue weighted by molar-refractivity contribution is 5.82. The van der Waals surface area contributed by atoms with E-state index in [0.717, 1.165) is 28.8 Å². The van der Waals surface area contributed by atoms with E-state index in [9.17, 15) is 0 Å². The first-order valence-electron chi connectivity index (χ1n) is 7.61. The van der Waals surface area contributed by atoms with Crippen molar-refractivity contribution in [1.29, 1.82) is 0 Å². The van der Waals surface area contributed by atoms with Crippen LogP contribution >= 0.6 is 0 Å². The van der Waals surface area contributed by atoms with Crippen molar-refractivity contribution in [3.05, 3.63) is 29.8 Å². The molecule has 0 spiro atoms. The van der Waals surface area contributed by atoms with Crippen LogP contribution in [0.5, 0.6) is 5.75 Å². The Hall–Kier alpha value is -1.81. The minimum absolute atomic E-state index is 0.626. The lowest BCUT2D eigenvalue weighted by atomic mass is 10.1. The van der Waals surface area contributed by atoms with Crippen molar-refractivity contribution in [2.45, 2.75) is 38.3 Å². The van der Waals surface area contributed by atoms with E-state index in [-0.39, 0.29) is 0 Å². The van der Waals surface area contributed by atoms with E-state index < -0.39 is 0 Å². The summed E-state index contributed by atoms with van der Waals surface area (Å²) in [4.78, 5) is 6.95. The number of hydrogen-bond acceptors (Lipinski definition) is 4. The van der Waals surface area contributed by atoms with Gasteiger partial charge in [-0.25, -0.2) is 4.98 Å². The maximum Gasteiger partial charge on any atom is 0.128 e. The molecule has 1 aromatic heterocycles. The minimum Gasteiger partial charge on any atom is -0.497 e. The molecule has 4 heteroatoms. The van der Waals surface area contributed by atoms with Gasteiger partial charge in [0.15, 0.2) is 0 Å². The summed E-state index contributed by atoms with van der Waals surface area (Å²) in [7, 11) is 3.85. The van der Waals surface area contributed by atoms with Crippen LogP contribution in [0.15, 0.2) is 24.3 Å². The van der Waals surface area contributed by atoms with E-state index in [0.29, 0.717) is 11.9 Å². The summed E-state index contributed by atoms with van der Waals surface area (Å²) in [5.41, 5.74) is 8.15. The average Bonchev–Trinajstić information content (AvgIpc) is 3.02. The summed E-state index contributed by atoms with van der Waals surface area (Å²) < 4.78 is 5.24. The van der Waals surface area contributed by atoms with Crippen molar-refractivity contribution in [3.63, 3.8) is 0 Å². The Kier molecular flexibility index (Phi) is 3.97. The Bertz CT molecular complexity index is 635. The number of ether oxygens (including phenoxy) is 1. The Morgan fingerprint density at radius 2 is 2.05 bits per heavy atom. The van der Waals surface area contributed by atoms with Crippen LogP contribution in [0.3, 0.4) is 0 Å². The number of aromatic nitrogens is 1. The van der Waals surface area contributed by atoms with E-state index in [1.807, 2.05) is 18.2 Å². The van der Waals surface area contributed by atoms with Crippen molar-refractivity contribution in [2.24, 2.45) is 0 Å². The van der Waals surface area contributed by atoms with Gasteiger partial charge in [-0.2, -0.15) is 0 Å². The highest BCUT2D eigenvalue weighted by atomic mass is 16.5. The molecule has 1 aromatic carbocycles. The van der Waals surface area contributed by atoms with Crippen molar-refractivity contribution in [3.8, 4) is 5.75 Å². The molecule has 1 aliphatic rings. The molecule has 0 unspecified atom stereocenters.